The van der Waals surface area contributed by atoms with Gasteiger partial charge in [-0.05, 0) is 12.1 Å². The lowest BCUT2D eigenvalue weighted by Gasteiger charge is -2.28. The van der Waals surface area contributed by atoms with Crippen molar-refractivity contribution < 1.29 is 19.4 Å². The molecule has 5 heterocycles. The average Bonchev–Trinajstić information content (AvgIpc) is 3.61. The number of nitrogens with zero attached hydrogens (tertiary/aromatic N) is 3. The van der Waals surface area contributed by atoms with E-state index in [4.69, 9.17) is 9.47 Å². The Morgan fingerprint density at radius 3 is 2.11 bits per heavy atom. The minimum atomic E-state index is -0.251. The molecule has 0 saturated carbocycles. The van der Waals surface area contributed by atoms with Crippen LogP contribution in [0.4, 0.5) is 4.79 Å². The van der Waals surface area contributed by atoms with Gasteiger partial charge in [0.25, 0.3) is 0 Å². The van der Waals surface area contributed by atoms with E-state index >= 15 is 0 Å². The Balaban J connectivity index is 1.40. The van der Waals surface area contributed by atoms with Gasteiger partial charge in [0.2, 0.25) is 0 Å². The molecule has 1 amide bonds. The van der Waals surface area contributed by atoms with E-state index in [9.17, 15) is 9.90 Å². The Kier molecular flexibility index (Phi) is 4.70. The number of carbonyl (C=O) groups excluding carboxylic acids is 1. The largest absolute Gasteiger partial charge is 0.494 e. The van der Waals surface area contributed by atoms with Crippen molar-refractivity contribution in [3.8, 4) is 5.88 Å². The van der Waals surface area contributed by atoms with E-state index in [2.05, 4.69) is 62.6 Å². The molecule has 2 N–H and O–H groups in total. The van der Waals surface area contributed by atoms with Gasteiger partial charge in [-0.3, -0.25) is 0 Å². The van der Waals surface area contributed by atoms with Gasteiger partial charge in [-0.25, -0.2) is 4.79 Å². The molecule has 1 fully saturated rings. The van der Waals surface area contributed by atoms with Crippen LogP contribution in [0.1, 0.15) is 12.8 Å². The summed E-state index contributed by atoms with van der Waals surface area (Å²) in [7, 11) is 0. The van der Waals surface area contributed by atoms with Crippen LogP contribution in [0.2, 0.25) is 0 Å². The summed E-state index contributed by atoms with van der Waals surface area (Å²) in [6, 6.07) is 16.9. The number of ether oxygens (including phenoxy) is 2. The number of carbonyl (C=O) groups is 1. The first-order chi connectivity index (χ1) is 18.7. The smallest absolute Gasteiger partial charge is 0.410 e. The van der Waals surface area contributed by atoms with Crippen molar-refractivity contribution in [2.75, 3.05) is 26.3 Å². The summed E-state index contributed by atoms with van der Waals surface area (Å²) >= 11 is 0. The van der Waals surface area contributed by atoms with Crippen molar-refractivity contribution in [2.45, 2.75) is 32.0 Å². The number of fused-ring (bicyclic) bond motifs is 9. The zero-order valence-corrected chi connectivity index (χ0v) is 20.9. The van der Waals surface area contributed by atoms with Gasteiger partial charge < -0.3 is 33.6 Å². The lowest BCUT2D eigenvalue weighted by atomic mass is 10.0. The number of aromatic hydroxyl groups is 1. The molecule has 192 valence electrons. The maximum absolute atomic E-state index is 13.0. The summed E-state index contributed by atoms with van der Waals surface area (Å²) in [5.41, 5.74) is 4.56. The van der Waals surface area contributed by atoms with E-state index in [1.165, 1.54) is 5.52 Å². The Hall–Kier alpha value is -4.17. The summed E-state index contributed by atoms with van der Waals surface area (Å²) in [6.45, 7) is 3.67. The average molecular weight is 509 g/mol. The summed E-state index contributed by atoms with van der Waals surface area (Å²) < 4.78 is 16.3. The van der Waals surface area contributed by atoms with Crippen LogP contribution in [0.5, 0.6) is 5.88 Å². The van der Waals surface area contributed by atoms with E-state index < -0.39 is 0 Å². The van der Waals surface area contributed by atoms with Crippen LogP contribution in [-0.4, -0.2) is 62.6 Å². The molecule has 2 aliphatic heterocycles. The van der Waals surface area contributed by atoms with Crippen LogP contribution in [-0.2, 0) is 22.6 Å². The van der Waals surface area contributed by atoms with Gasteiger partial charge in [0.1, 0.15) is 6.10 Å². The van der Waals surface area contributed by atoms with Crippen molar-refractivity contribution >= 4 is 60.5 Å². The van der Waals surface area contributed by atoms with E-state index in [1.807, 2.05) is 6.20 Å². The van der Waals surface area contributed by atoms with Gasteiger partial charge >= 0.3 is 6.09 Å². The number of aromatic nitrogens is 3. The molecule has 0 aliphatic carbocycles. The molecule has 3 aromatic carbocycles. The van der Waals surface area contributed by atoms with E-state index in [0.717, 1.165) is 61.8 Å². The van der Waals surface area contributed by atoms with Gasteiger partial charge in [0.05, 0.1) is 29.6 Å². The van der Waals surface area contributed by atoms with Gasteiger partial charge in [0.15, 0.2) is 5.88 Å². The molecule has 3 aromatic heterocycles. The van der Waals surface area contributed by atoms with Crippen LogP contribution >= 0.6 is 0 Å². The third-order valence-electron chi connectivity index (χ3n) is 8.43. The number of morpholine rings is 1. The SMILES string of the molecule is O=C(OC1CCn2c3ccccc3c3c4c[nH]c(O)c4c4c5ccccc5n(c4c32)CC1)N1CCOCC1. The number of benzene rings is 3. The number of aromatic amines is 1. The number of hydrogen-bond acceptors (Lipinski definition) is 4. The second kappa shape index (κ2) is 8.16. The molecule has 8 rings (SSSR count). The zero-order chi connectivity index (χ0) is 25.4. The fourth-order valence-electron chi connectivity index (χ4n) is 6.72. The second-order valence-electron chi connectivity index (χ2n) is 10.4. The molecule has 6 aromatic rings. The summed E-state index contributed by atoms with van der Waals surface area (Å²) in [6.07, 6.45) is 2.91. The van der Waals surface area contributed by atoms with Crippen molar-refractivity contribution in [3.63, 3.8) is 0 Å². The summed E-state index contributed by atoms with van der Waals surface area (Å²) in [4.78, 5) is 17.9. The number of rotatable bonds is 1. The highest BCUT2D eigenvalue weighted by molar-refractivity contribution is 6.36. The van der Waals surface area contributed by atoms with Crippen LogP contribution in [0.15, 0.2) is 54.7 Å². The molecule has 1 atom stereocenters. The highest BCUT2D eigenvalue weighted by Crippen LogP contribution is 2.47. The molecule has 38 heavy (non-hydrogen) atoms. The number of hydrogen-bond donors (Lipinski definition) is 2. The van der Waals surface area contributed by atoms with Crippen molar-refractivity contribution in [2.24, 2.45) is 0 Å². The minimum absolute atomic E-state index is 0.193. The Morgan fingerprint density at radius 2 is 1.42 bits per heavy atom. The molecule has 0 radical (unpaired) electrons. The fourth-order valence-corrected chi connectivity index (χ4v) is 6.72. The van der Waals surface area contributed by atoms with Crippen LogP contribution in [0.25, 0.3) is 54.4 Å². The number of amides is 1. The third-order valence-corrected chi connectivity index (χ3v) is 8.43. The van der Waals surface area contributed by atoms with Crippen LogP contribution in [0.3, 0.4) is 0 Å². The first-order valence-corrected chi connectivity index (χ1v) is 13.4. The number of para-hydroxylation sites is 2. The summed E-state index contributed by atoms with van der Waals surface area (Å²) in [5.74, 6) is 0.193. The van der Waals surface area contributed by atoms with Gasteiger partial charge in [-0.1, -0.05) is 36.4 Å². The Morgan fingerprint density at radius 1 is 0.816 bits per heavy atom. The monoisotopic (exact) mass is 508 g/mol. The molecular weight excluding hydrogens is 480 g/mol. The number of H-pyrrole nitrogens is 1. The quantitative estimate of drug-likeness (QED) is 0.298. The van der Waals surface area contributed by atoms with E-state index in [-0.39, 0.29) is 18.1 Å². The molecule has 1 unspecified atom stereocenters. The number of aryl methyl sites for hydroxylation is 2. The predicted molar refractivity (Wildman–Crippen MR) is 148 cm³/mol. The minimum Gasteiger partial charge on any atom is -0.494 e. The summed E-state index contributed by atoms with van der Waals surface area (Å²) in [5, 5.41) is 17.4. The molecular formula is C30H28N4O4. The first kappa shape index (κ1) is 21.9. The topological polar surface area (TPSA) is 84.7 Å². The predicted octanol–water partition coefficient (Wildman–Crippen LogP) is 5.72. The molecule has 8 nitrogen and oxygen atoms in total. The van der Waals surface area contributed by atoms with Crippen molar-refractivity contribution in [1.29, 1.82) is 0 Å². The van der Waals surface area contributed by atoms with Crippen molar-refractivity contribution in [1.82, 2.24) is 19.0 Å². The molecule has 8 heteroatoms. The van der Waals surface area contributed by atoms with E-state index in [1.54, 1.807) is 4.90 Å². The first-order valence-electron chi connectivity index (χ1n) is 13.4. The third kappa shape index (κ3) is 2.98. The highest BCUT2D eigenvalue weighted by atomic mass is 16.6. The van der Waals surface area contributed by atoms with Gasteiger partial charge in [-0.2, -0.15) is 0 Å². The van der Waals surface area contributed by atoms with Crippen molar-refractivity contribution in [3.05, 3.63) is 54.7 Å². The maximum Gasteiger partial charge on any atom is 0.410 e. The van der Waals surface area contributed by atoms with Gasteiger partial charge in [-0.15, -0.1) is 0 Å². The molecule has 0 bridgehead atoms. The lowest BCUT2D eigenvalue weighted by Crippen LogP contribution is -2.42. The fraction of sp³-hybridized carbons (Fsp3) is 0.300. The van der Waals surface area contributed by atoms with Crippen LogP contribution in [0, 0.1) is 0 Å². The standard InChI is InChI=1S/C30H28N4O4/c35-29-26-21(17-31-29)24-19-5-1-3-7-22(19)33-11-9-18(38-30(36)32-13-15-37-16-14-32)10-12-34-23-8-4-2-6-20(23)25(26)28(34)27(24)33/h1-8,17-18,31,35H,9-16H2. The normalized spacial score (nSPS) is 18.5. The Bertz CT molecular complexity index is 1890. The van der Waals surface area contributed by atoms with Crippen LogP contribution < -0.4 is 0 Å². The number of nitrogens with one attached hydrogen (secondary N) is 1. The second-order valence-corrected chi connectivity index (χ2v) is 10.4. The van der Waals surface area contributed by atoms with Gasteiger partial charge in [0, 0.05) is 83.2 Å². The molecule has 0 spiro atoms. The zero-order valence-electron chi connectivity index (χ0n) is 20.9. The lowest BCUT2D eigenvalue weighted by molar-refractivity contribution is 0.00823. The van der Waals surface area contributed by atoms with E-state index in [0.29, 0.717) is 39.3 Å². The maximum atomic E-state index is 13.0. The highest BCUT2D eigenvalue weighted by Gasteiger charge is 2.28. The Labute approximate surface area is 217 Å². The molecule has 1 saturated heterocycles. The molecule has 2 aliphatic rings.